The lowest BCUT2D eigenvalue weighted by atomic mass is 9.89. The second kappa shape index (κ2) is 8.51. The van der Waals surface area contributed by atoms with Crippen LogP contribution in [0.1, 0.15) is 23.5 Å². The molecule has 0 aliphatic carbocycles. The van der Waals surface area contributed by atoms with Crippen molar-refractivity contribution in [1.82, 2.24) is 5.32 Å². The van der Waals surface area contributed by atoms with Crippen molar-refractivity contribution in [3.8, 4) is 5.75 Å². The minimum absolute atomic E-state index is 0.0140. The van der Waals surface area contributed by atoms with Crippen molar-refractivity contribution in [2.45, 2.75) is 18.8 Å². The van der Waals surface area contributed by atoms with Gasteiger partial charge in [0.1, 0.15) is 11.6 Å². The summed E-state index contributed by atoms with van der Waals surface area (Å²) >= 11 is 0. The third-order valence-electron chi connectivity index (χ3n) is 4.37. The Labute approximate surface area is 160 Å². The van der Waals surface area contributed by atoms with Crippen molar-refractivity contribution in [1.29, 1.82) is 0 Å². The van der Waals surface area contributed by atoms with E-state index in [-0.39, 0.29) is 18.2 Å². The van der Waals surface area contributed by atoms with E-state index in [0.717, 1.165) is 5.56 Å². The molecule has 28 heavy (non-hydrogen) atoms. The summed E-state index contributed by atoms with van der Waals surface area (Å²) in [6.07, 6.45) is 0.570. The number of halogens is 1. The Morgan fingerprint density at radius 1 is 1.21 bits per heavy atom. The van der Waals surface area contributed by atoms with Crippen molar-refractivity contribution < 1.29 is 28.6 Å². The number of carboxylic acid groups (broad SMARTS) is 1. The van der Waals surface area contributed by atoms with Crippen LogP contribution in [0.4, 0.5) is 10.1 Å². The Balaban J connectivity index is 1.55. The lowest BCUT2D eigenvalue weighted by molar-refractivity contribution is -0.139. The summed E-state index contributed by atoms with van der Waals surface area (Å²) in [5.41, 5.74) is 1.86. The van der Waals surface area contributed by atoms with E-state index in [2.05, 4.69) is 10.6 Å². The minimum Gasteiger partial charge on any atom is -0.482 e. The quantitative estimate of drug-likeness (QED) is 0.676. The maximum absolute atomic E-state index is 13.4. The van der Waals surface area contributed by atoms with Gasteiger partial charge in [-0.1, -0.05) is 18.2 Å². The van der Waals surface area contributed by atoms with Crippen LogP contribution in [0.3, 0.4) is 0 Å². The molecule has 2 amide bonds. The largest absolute Gasteiger partial charge is 0.482 e. The van der Waals surface area contributed by atoms with E-state index < -0.39 is 24.3 Å². The smallest absolute Gasteiger partial charge is 0.341 e. The van der Waals surface area contributed by atoms with E-state index in [1.807, 2.05) is 0 Å². The molecule has 1 aliphatic rings. The average Bonchev–Trinajstić information content (AvgIpc) is 2.66. The Hall–Kier alpha value is -3.42. The van der Waals surface area contributed by atoms with Crippen molar-refractivity contribution in [3.05, 3.63) is 59.4 Å². The van der Waals surface area contributed by atoms with Crippen LogP contribution < -0.4 is 15.4 Å². The topological polar surface area (TPSA) is 105 Å². The SMILES string of the molecule is O=C(O)COc1ccc(CCNC(=O)C2CC(=O)Nc3cc(F)ccc32)cc1. The highest BCUT2D eigenvalue weighted by atomic mass is 19.1. The van der Waals surface area contributed by atoms with Crippen molar-refractivity contribution in [2.24, 2.45) is 0 Å². The molecule has 0 radical (unpaired) electrons. The van der Waals surface area contributed by atoms with Gasteiger partial charge in [-0.3, -0.25) is 9.59 Å². The van der Waals surface area contributed by atoms with E-state index in [0.29, 0.717) is 30.0 Å². The number of amides is 2. The monoisotopic (exact) mass is 386 g/mol. The summed E-state index contributed by atoms with van der Waals surface area (Å²) in [6.45, 7) is -0.0431. The number of carbonyl (C=O) groups excluding carboxylic acids is 2. The van der Waals surface area contributed by atoms with Gasteiger partial charge < -0.3 is 20.5 Å². The van der Waals surface area contributed by atoms with Crippen LogP contribution in [0.25, 0.3) is 0 Å². The standard InChI is InChI=1S/C20H19FN2O5/c21-13-3-6-15-16(10-18(24)23-17(15)9-13)20(27)22-8-7-12-1-4-14(5-2-12)28-11-19(25)26/h1-6,9,16H,7-8,10-11H2,(H,22,27)(H,23,24)(H,25,26). The number of aliphatic carboxylic acids is 1. The third kappa shape index (κ3) is 4.85. The summed E-state index contributed by atoms with van der Waals surface area (Å²) in [5, 5.41) is 14.0. The molecule has 146 valence electrons. The first-order valence-corrected chi connectivity index (χ1v) is 8.73. The number of rotatable bonds is 7. The fourth-order valence-corrected chi connectivity index (χ4v) is 3.02. The number of hydrogen-bond donors (Lipinski definition) is 3. The van der Waals surface area contributed by atoms with Gasteiger partial charge in [0.15, 0.2) is 6.61 Å². The molecule has 0 aromatic heterocycles. The van der Waals surface area contributed by atoms with Gasteiger partial charge in [0.2, 0.25) is 11.8 Å². The van der Waals surface area contributed by atoms with E-state index in [1.165, 1.54) is 18.2 Å². The highest BCUT2D eigenvalue weighted by Crippen LogP contribution is 2.32. The molecule has 1 atom stereocenters. The van der Waals surface area contributed by atoms with Crippen molar-refractivity contribution >= 4 is 23.5 Å². The van der Waals surface area contributed by atoms with Crippen LogP contribution in [-0.4, -0.2) is 36.0 Å². The fourth-order valence-electron chi connectivity index (χ4n) is 3.02. The predicted molar refractivity (Wildman–Crippen MR) is 98.7 cm³/mol. The van der Waals surface area contributed by atoms with Crippen LogP contribution >= 0.6 is 0 Å². The van der Waals surface area contributed by atoms with Gasteiger partial charge >= 0.3 is 5.97 Å². The Bertz CT molecular complexity index is 898. The maximum Gasteiger partial charge on any atom is 0.341 e. The number of nitrogens with one attached hydrogen (secondary N) is 2. The number of fused-ring (bicyclic) bond motifs is 1. The van der Waals surface area contributed by atoms with Crippen molar-refractivity contribution in [3.63, 3.8) is 0 Å². The molecule has 0 bridgehead atoms. The maximum atomic E-state index is 13.4. The Morgan fingerprint density at radius 2 is 1.96 bits per heavy atom. The van der Waals surface area contributed by atoms with E-state index in [1.54, 1.807) is 24.3 Å². The molecule has 2 aromatic rings. The zero-order valence-corrected chi connectivity index (χ0v) is 14.9. The molecule has 3 rings (SSSR count). The Kier molecular flexibility index (Phi) is 5.88. The van der Waals surface area contributed by atoms with Gasteiger partial charge in [-0.2, -0.15) is 0 Å². The van der Waals surface area contributed by atoms with Crippen molar-refractivity contribution in [2.75, 3.05) is 18.5 Å². The second-order valence-electron chi connectivity index (χ2n) is 6.40. The summed E-state index contributed by atoms with van der Waals surface area (Å²) in [5.74, 6) is -2.34. The molecule has 1 aliphatic heterocycles. The molecule has 0 saturated carbocycles. The molecule has 8 heteroatoms. The summed E-state index contributed by atoms with van der Waals surface area (Å²) < 4.78 is 18.4. The first-order valence-electron chi connectivity index (χ1n) is 8.73. The highest BCUT2D eigenvalue weighted by molar-refractivity contribution is 6.01. The first-order chi connectivity index (χ1) is 13.4. The summed E-state index contributed by atoms with van der Waals surface area (Å²) in [4.78, 5) is 34.8. The van der Waals surface area contributed by atoms with Crippen LogP contribution in [0.2, 0.25) is 0 Å². The number of anilines is 1. The molecular weight excluding hydrogens is 367 g/mol. The van der Waals surface area contributed by atoms with Crippen LogP contribution in [-0.2, 0) is 20.8 Å². The zero-order valence-electron chi connectivity index (χ0n) is 14.9. The van der Waals surface area contributed by atoms with Gasteiger partial charge in [-0.05, 0) is 41.8 Å². The normalized spacial score (nSPS) is 15.3. The number of hydrogen-bond acceptors (Lipinski definition) is 4. The molecule has 0 saturated heterocycles. The molecular formula is C20H19FN2O5. The fraction of sp³-hybridized carbons (Fsp3) is 0.250. The Morgan fingerprint density at radius 3 is 2.68 bits per heavy atom. The summed E-state index contributed by atoms with van der Waals surface area (Å²) in [6, 6.07) is 10.9. The van der Waals surface area contributed by atoms with Gasteiger partial charge in [0.05, 0.1) is 5.92 Å². The molecule has 0 fully saturated rings. The molecule has 1 unspecified atom stereocenters. The molecule has 0 spiro atoms. The second-order valence-corrected chi connectivity index (χ2v) is 6.40. The van der Waals surface area contributed by atoms with E-state index in [4.69, 9.17) is 9.84 Å². The number of carboxylic acids is 1. The van der Waals surface area contributed by atoms with Gasteiger partial charge in [0, 0.05) is 18.7 Å². The van der Waals surface area contributed by atoms with Crippen LogP contribution in [0, 0.1) is 5.82 Å². The zero-order chi connectivity index (χ0) is 20.1. The first kappa shape index (κ1) is 19.3. The number of ether oxygens (including phenoxy) is 1. The molecule has 2 aromatic carbocycles. The van der Waals surface area contributed by atoms with Gasteiger partial charge in [0.25, 0.3) is 0 Å². The minimum atomic E-state index is -1.05. The van der Waals surface area contributed by atoms with Crippen LogP contribution in [0.15, 0.2) is 42.5 Å². The predicted octanol–water partition coefficient (Wildman–Crippen LogP) is 2.07. The lowest BCUT2D eigenvalue weighted by Crippen LogP contribution is -2.36. The number of benzene rings is 2. The average molecular weight is 386 g/mol. The van der Waals surface area contributed by atoms with Crippen LogP contribution in [0.5, 0.6) is 5.75 Å². The van der Waals surface area contributed by atoms with Gasteiger partial charge in [-0.15, -0.1) is 0 Å². The molecule has 7 nitrogen and oxygen atoms in total. The lowest BCUT2D eigenvalue weighted by Gasteiger charge is -2.24. The highest BCUT2D eigenvalue weighted by Gasteiger charge is 2.30. The third-order valence-corrected chi connectivity index (χ3v) is 4.37. The molecule has 1 heterocycles. The number of carbonyl (C=O) groups is 3. The van der Waals surface area contributed by atoms with E-state index >= 15 is 0 Å². The van der Waals surface area contributed by atoms with Gasteiger partial charge in [-0.25, -0.2) is 9.18 Å². The summed E-state index contributed by atoms with van der Waals surface area (Å²) in [7, 11) is 0. The molecule has 3 N–H and O–H groups in total. The van der Waals surface area contributed by atoms with E-state index in [9.17, 15) is 18.8 Å².